The number of hydrogen-bond acceptors (Lipinski definition) is 4. The Morgan fingerprint density at radius 2 is 1.32 bits per heavy atom. The van der Waals surface area contributed by atoms with E-state index in [1.807, 2.05) is 6.92 Å². The quantitative estimate of drug-likeness (QED) is 0.285. The molecule has 0 aromatic rings. The number of unbranched alkanes of at least 4 members (excludes halogenated alkanes) is 5. The molecule has 6 heteroatoms. The van der Waals surface area contributed by atoms with Gasteiger partial charge in [-0.3, -0.25) is 0 Å². The summed E-state index contributed by atoms with van der Waals surface area (Å²) < 4.78 is 33.2. The Kier molecular flexibility index (Phi) is 18.7. The van der Waals surface area contributed by atoms with Gasteiger partial charge in [-0.2, -0.15) is 0 Å². The van der Waals surface area contributed by atoms with Gasteiger partial charge >= 0.3 is 51.4 Å². The van der Waals surface area contributed by atoms with Crippen molar-refractivity contribution in [2.45, 2.75) is 102 Å². The number of aliphatic hydroxyl groups is 1. The van der Waals surface area contributed by atoms with Crippen LogP contribution in [0.25, 0.3) is 0 Å². The molecule has 0 rings (SSSR count). The van der Waals surface area contributed by atoms with E-state index in [1.165, 1.54) is 0 Å². The molecule has 2 unspecified atom stereocenters. The first-order valence-electron chi connectivity index (χ1n) is 8.54. The first-order valence-corrected chi connectivity index (χ1v) is 10.0. The third-order valence-electron chi connectivity index (χ3n) is 3.97. The molecule has 0 spiro atoms. The zero-order valence-electron chi connectivity index (χ0n) is 14.7. The minimum Gasteiger partial charge on any atom is -0.748 e. The molecular weight excluding hydrogens is 327 g/mol. The Balaban J connectivity index is 0. The summed E-state index contributed by atoms with van der Waals surface area (Å²) >= 11 is 0. The second kappa shape index (κ2) is 16.0. The molecule has 0 aliphatic heterocycles. The summed E-state index contributed by atoms with van der Waals surface area (Å²) in [4.78, 5) is 0. The summed E-state index contributed by atoms with van der Waals surface area (Å²) in [6.07, 6.45) is 10.5. The summed E-state index contributed by atoms with van der Waals surface area (Å²) in [5.41, 5.74) is 0. The maximum absolute atomic E-state index is 11.1. The van der Waals surface area contributed by atoms with Crippen LogP contribution in [0.3, 0.4) is 0 Å². The van der Waals surface area contributed by atoms with Gasteiger partial charge < -0.3 is 9.66 Å². The van der Waals surface area contributed by atoms with Gasteiger partial charge in [0.15, 0.2) is 0 Å². The van der Waals surface area contributed by atoms with Gasteiger partial charge in [0.05, 0.1) is 16.2 Å². The SMILES string of the molecule is CCCCC(O)CCCCCCCC(CCC)S(=O)(=O)[O-].[K+]. The van der Waals surface area contributed by atoms with Crippen molar-refractivity contribution in [1.29, 1.82) is 0 Å². The molecular formula is C16H33KO4S. The van der Waals surface area contributed by atoms with Gasteiger partial charge in [-0.1, -0.05) is 65.2 Å². The molecule has 0 aliphatic carbocycles. The molecule has 4 nitrogen and oxygen atoms in total. The fourth-order valence-corrected chi connectivity index (χ4v) is 3.60. The molecule has 0 bridgehead atoms. The van der Waals surface area contributed by atoms with Crippen molar-refractivity contribution in [1.82, 2.24) is 0 Å². The van der Waals surface area contributed by atoms with Gasteiger partial charge in [-0.25, -0.2) is 8.42 Å². The van der Waals surface area contributed by atoms with Crippen molar-refractivity contribution in [3.05, 3.63) is 0 Å². The maximum atomic E-state index is 11.1. The van der Waals surface area contributed by atoms with Crippen LogP contribution in [0.5, 0.6) is 0 Å². The van der Waals surface area contributed by atoms with E-state index in [0.29, 0.717) is 12.8 Å². The first-order chi connectivity index (χ1) is 9.91. The molecule has 0 saturated carbocycles. The first kappa shape index (κ1) is 25.7. The van der Waals surface area contributed by atoms with Crippen molar-refractivity contribution in [2.75, 3.05) is 0 Å². The van der Waals surface area contributed by atoms with Crippen molar-refractivity contribution in [3.63, 3.8) is 0 Å². The minimum atomic E-state index is -4.13. The van der Waals surface area contributed by atoms with E-state index in [9.17, 15) is 18.1 Å². The molecule has 0 aromatic heterocycles. The predicted octanol–water partition coefficient (Wildman–Crippen LogP) is 0.986. The zero-order valence-corrected chi connectivity index (χ0v) is 18.7. The second-order valence-electron chi connectivity index (χ2n) is 6.04. The van der Waals surface area contributed by atoms with E-state index >= 15 is 0 Å². The standard InChI is InChI=1S/C16H34O4S.K/c1-3-5-12-15(17)13-9-7-6-8-10-14-16(11-4-2)21(18,19)20;/h15-17H,3-14H2,1-2H3,(H,18,19,20);/q;+1/p-1. The smallest absolute Gasteiger partial charge is 0.748 e. The Morgan fingerprint density at radius 3 is 1.82 bits per heavy atom. The molecule has 0 heterocycles. The minimum absolute atomic E-state index is 0. The van der Waals surface area contributed by atoms with Gasteiger partial charge in [-0.05, 0) is 25.7 Å². The molecule has 1 N–H and O–H groups in total. The number of hydrogen-bond donors (Lipinski definition) is 1. The van der Waals surface area contributed by atoms with Gasteiger partial charge in [0, 0.05) is 5.25 Å². The van der Waals surface area contributed by atoms with Crippen molar-refractivity contribution in [3.8, 4) is 0 Å². The normalized spacial score (nSPS) is 14.4. The van der Waals surface area contributed by atoms with Gasteiger partial charge in [0.25, 0.3) is 0 Å². The molecule has 128 valence electrons. The van der Waals surface area contributed by atoms with Gasteiger partial charge in [0.2, 0.25) is 0 Å². The van der Waals surface area contributed by atoms with E-state index in [4.69, 9.17) is 0 Å². The van der Waals surface area contributed by atoms with Gasteiger partial charge in [0.1, 0.15) is 0 Å². The van der Waals surface area contributed by atoms with Gasteiger partial charge in [-0.15, -0.1) is 0 Å². The molecule has 0 fully saturated rings. The van der Waals surface area contributed by atoms with E-state index in [1.54, 1.807) is 0 Å². The third-order valence-corrected chi connectivity index (χ3v) is 5.26. The van der Waals surface area contributed by atoms with Crippen molar-refractivity contribution in [2.24, 2.45) is 0 Å². The largest absolute Gasteiger partial charge is 1.00 e. The topological polar surface area (TPSA) is 77.4 Å². The molecule has 0 aliphatic rings. The van der Waals surface area contributed by atoms with E-state index in [-0.39, 0.29) is 57.5 Å². The summed E-state index contributed by atoms with van der Waals surface area (Å²) in [6, 6.07) is 0. The summed E-state index contributed by atoms with van der Waals surface area (Å²) in [5, 5.41) is 9.01. The molecule has 0 radical (unpaired) electrons. The monoisotopic (exact) mass is 360 g/mol. The average Bonchev–Trinajstić information content (AvgIpc) is 2.41. The maximum Gasteiger partial charge on any atom is 1.00 e. The molecule has 2 atom stereocenters. The number of aliphatic hydroxyl groups excluding tert-OH is 1. The third kappa shape index (κ3) is 15.1. The summed E-state index contributed by atoms with van der Waals surface area (Å²) in [5.74, 6) is 0. The van der Waals surface area contributed by atoms with Crippen LogP contribution in [0.2, 0.25) is 0 Å². The van der Waals surface area contributed by atoms with E-state index in [2.05, 4.69) is 6.92 Å². The Bertz CT molecular complexity index is 333. The number of rotatable bonds is 14. The molecule has 0 saturated heterocycles. The van der Waals surface area contributed by atoms with Crippen LogP contribution in [-0.2, 0) is 10.1 Å². The van der Waals surface area contributed by atoms with Crippen LogP contribution in [0.4, 0.5) is 0 Å². The fraction of sp³-hybridized carbons (Fsp3) is 1.00. The van der Waals surface area contributed by atoms with E-state index in [0.717, 1.165) is 64.2 Å². The summed E-state index contributed by atoms with van der Waals surface area (Å²) in [6.45, 7) is 4.03. The van der Waals surface area contributed by atoms with Crippen LogP contribution in [0.15, 0.2) is 0 Å². The molecule has 0 amide bonds. The van der Waals surface area contributed by atoms with Crippen molar-refractivity contribution < 1.29 is 69.5 Å². The Labute approximate surface area is 180 Å². The zero-order chi connectivity index (χ0) is 16.1. The van der Waals surface area contributed by atoms with Crippen LogP contribution in [0, 0.1) is 0 Å². The van der Waals surface area contributed by atoms with Crippen LogP contribution in [-0.4, -0.2) is 29.4 Å². The van der Waals surface area contributed by atoms with Crippen LogP contribution < -0.4 is 51.4 Å². The fourth-order valence-electron chi connectivity index (χ4n) is 2.62. The Hall–Kier alpha value is 1.51. The second-order valence-corrected chi connectivity index (χ2v) is 7.70. The van der Waals surface area contributed by atoms with Crippen molar-refractivity contribution >= 4 is 10.1 Å². The van der Waals surface area contributed by atoms with E-state index < -0.39 is 15.4 Å². The average molecular weight is 361 g/mol. The van der Waals surface area contributed by atoms with Crippen LogP contribution >= 0.6 is 0 Å². The van der Waals surface area contributed by atoms with Crippen LogP contribution in [0.1, 0.15) is 90.9 Å². The Morgan fingerprint density at radius 1 is 0.818 bits per heavy atom. The molecule has 22 heavy (non-hydrogen) atoms. The molecule has 0 aromatic carbocycles. The predicted molar refractivity (Wildman–Crippen MR) is 86.2 cm³/mol. The summed E-state index contributed by atoms with van der Waals surface area (Å²) in [7, 11) is -4.13.